The molecule has 1 aromatic heterocycles. The van der Waals surface area contributed by atoms with Crippen molar-refractivity contribution in [3.63, 3.8) is 0 Å². The summed E-state index contributed by atoms with van der Waals surface area (Å²) in [7, 11) is 0. The summed E-state index contributed by atoms with van der Waals surface area (Å²) in [6, 6.07) is 8.77. The Morgan fingerprint density at radius 2 is 2.00 bits per heavy atom. The lowest BCUT2D eigenvalue weighted by Gasteiger charge is -2.10. The normalized spacial score (nSPS) is 13.5. The average Bonchev–Trinajstić information content (AvgIpc) is 3.04. The number of allylic oxidation sites excluding steroid dienone is 2. The van der Waals surface area contributed by atoms with Crippen molar-refractivity contribution in [2.75, 3.05) is 11.1 Å². The highest BCUT2D eigenvalue weighted by atomic mass is 32.2. The molecule has 1 N–H and O–H groups in total. The minimum atomic E-state index is -0.589. The summed E-state index contributed by atoms with van der Waals surface area (Å²) in [4.78, 5) is 37.4. The Kier molecular flexibility index (Phi) is 4.61. The zero-order valence-electron chi connectivity index (χ0n) is 12.9. The maximum Gasteiger partial charge on any atom is 0.278 e. The molecule has 122 valence electrons. The highest BCUT2D eigenvalue weighted by molar-refractivity contribution is 8.04. The molecular weight excluding hydrogens is 328 g/mol. The molecule has 0 spiro atoms. The third-order valence-electron chi connectivity index (χ3n) is 3.34. The molecule has 0 aliphatic heterocycles. The van der Waals surface area contributed by atoms with E-state index in [0.29, 0.717) is 16.3 Å². The Balaban J connectivity index is 1.90. The van der Waals surface area contributed by atoms with Gasteiger partial charge in [0.1, 0.15) is 5.56 Å². The number of hydrogen-bond acceptors (Lipinski definition) is 6. The van der Waals surface area contributed by atoms with Crippen LogP contribution in [0.4, 0.5) is 5.69 Å². The minimum absolute atomic E-state index is 0.0606. The molecule has 24 heavy (non-hydrogen) atoms. The van der Waals surface area contributed by atoms with Gasteiger partial charge in [0.2, 0.25) is 17.3 Å². The number of Topliss-reactive ketones (excluding diaryl/α,β-unsaturated/α-hetero) is 1. The molecule has 7 heteroatoms. The monoisotopic (exact) mass is 342 g/mol. The summed E-state index contributed by atoms with van der Waals surface area (Å²) >= 11 is 1.29. The Labute approximate surface area is 142 Å². The summed E-state index contributed by atoms with van der Waals surface area (Å²) in [5, 5.41) is 6.27. The second-order valence-corrected chi connectivity index (χ2v) is 6.24. The van der Waals surface area contributed by atoms with Gasteiger partial charge >= 0.3 is 0 Å². The molecule has 1 aromatic carbocycles. The zero-order valence-corrected chi connectivity index (χ0v) is 13.7. The van der Waals surface area contributed by atoms with Crippen LogP contribution in [0.1, 0.15) is 44.7 Å². The molecule has 0 radical (unpaired) electrons. The zero-order chi connectivity index (χ0) is 17.1. The first-order chi connectivity index (χ1) is 11.6. The van der Waals surface area contributed by atoms with Crippen LogP contribution in [0.25, 0.3) is 0 Å². The van der Waals surface area contributed by atoms with Gasteiger partial charge in [-0.15, -0.1) is 11.8 Å². The number of ketones is 2. The number of fused-ring (bicyclic) bond motifs is 1. The standard InChI is InChI=1S/C17H14N2O4S/c1-2-8-24-12-9-11(20)16-13(15(12)21)14(19-23-16)17(22)18-10-6-4-3-5-7-10/h3-7,9H,2,8H2,1H3,(H,18,22). The van der Waals surface area contributed by atoms with Crippen molar-refractivity contribution in [1.29, 1.82) is 0 Å². The summed E-state index contributed by atoms with van der Waals surface area (Å²) in [6.45, 7) is 1.98. The molecule has 0 saturated carbocycles. The minimum Gasteiger partial charge on any atom is -0.351 e. The molecule has 1 aliphatic rings. The topological polar surface area (TPSA) is 89.3 Å². The molecule has 1 aliphatic carbocycles. The van der Waals surface area contributed by atoms with E-state index in [1.165, 1.54) is 17.8 Å². The average molecular weight is 342 g/mol. The van der Waals surface area contributed by atoms with E-state index in [1.54, 1.807) is 24.3 Å². The van der Waals surface area contributed by atoms with Crippen molar-refractivity contribution >= 4 is 34.9 Å². The van der Waals surface area contributed by atoms with Crippen LogP contribution in [0.2, 0.25) is 0 Å². The fourth-order valence-electron chi connectivity index (χ4n) is 2.23. The Bertz CT molecular complexity index is 840. The van der Waals surface area contributed by atoms with Crippen LogP contribution in [0.3, 0.4) is 0 Å². The van der Waals surface area contributed by atoms with Crippen LogP contribution >= 0.6 is 11.8 Å². The Morgan fingerprint density at radius 1 is 1.25 bits per heavy atom. The number of anilines is 1. The lowest BCUT2D eigenvalue weighted by atomic mass is 9.99. The predicted octanol–water partition coefficient (Wildman–Crippen LogP) is 3.33. The van der Waals surface area contributed by atoms with Crippen LogP contribution in [0.15, 0.2) is 45.8 Å². The van der Waals surface area contributed by atoms with Gasteiger partial charge in [-0.1, -0.05) is 30.3 Å². The molecule has 0 atom stereocenters. The number of benzene rings is 1. The molecule has 0 fully saturated rings. The van der Waals surface area contributed by atoms with E-state index in [1.807, 2.05) is 13.0 Å². The highest BCUT2D eigenvalue weighted by Crippen LogP contribution is 2.31. The predicted molar refractivity (Wildman–Crippen MR) is 90.4 cm³/mol. The second kappa shape index (κ2) is 6.84. The fourth-order valence-corrected chi connectivity index (χ4v) is 3.08. The van der Waals surface area contributed by atoms with Crippen molar-refractivity contribution in [3.8, 4) is 0 Å². The number of carbonyl (C=O) groups excluding carboxylic acids is 3. The number of rotatable bonds is 5. The third kappa shape index (κ3) is 3.03. The van der Waals surface area contributed by atoms with E-state index in [4.69, 9.17) is 4.52 Å². The number of nitrogens with zero attached hydrogens (tertiary/aromatic N) is 1. The largest absolute Gasteiger partial charge is 0.351 e. The quantitative estimate of drug-likeness (QED) is 0.896. The summed E-state index contributed by atoms with van der Waals surface area (Å²) in [5.41, 5.74) is 0.328. The molecule has 2 aromatic rings. The van der Waals surface area contributed by atoms with E-state index in [9.17, 15) is 14.4 Å². The summed E-state index contributed by atoms with van der Waals surface area (Å²) in [6.07, 6.45) is 2.11. The Hall–Kier alpha value is -2.67. The SMILES string of the molecule is CCCSC1=CC(=O)c2onc(C(=O)Nc3ccccc3)c2C1=O. The maximum atomic E-state index is 12.6. The van der Waals surface area contributed by atoms with Crippen molar-refractivity contribution in [2.24, 2.45) is 0 Å². The number of nitrogens with one attached hydrogen (secondary N) is 1. The van der Waals surface area contributed by atoms with E-state index in [2.05, 4.69) is 10.5 Å². The molecule has 0 bridgehead atoms. The van der Waals surface area contributed by atoms with Crippen LogP contribution in [0, 0.1) is 0 Å². The van der Waals surface area contributed by atoms with Gasteiger partial charge in [-0.2, -0.15) is 0 Å². The summed E-state index contributed by atoms with van der Waals surface area (Å²) < 4.78 is 4.95. The van der Waals surface area contributed by atoms with E-state index >= 15 is 0 Å². The number of thioether (sulfide) groups is 1. The first-order valence-corrected chi connectivity index (χ1v) is 8.40. The van der Waals surface area contributed by atoms with Crippen molar-refractivity contribution in [3.05, 3.63) is 58.3 Å². The van der Waals surface area contributed by atoms with Crippen molar-refractivity contribution in [1.82, 2.24) is 5.16 Å². The summed E-state index contributed by atoms with van der Waals surface area (Å²) in [5.74, 6) is -0.915. The molecule has 0 saturated heterocycles. The van der Waals surface area contributed by atoms with Gasteiger partial charge in [-0.25, -0.2) is 0 Å². The maximum absolute atomic E-state index is 12.6. The fraction of sp³-hybridized carbons (Fsp3) is 0.176. The lowest BCUT2D eigenvalue weighted by molar-refractivity contribution is 0.0967. The van der Waals surface area contributed by atoms with Crippen LogP contribution in [0.5, 0.6) is 0 Å². The van der Waals surface area contributed by atoms with E-state index in [-0.39, 0.29) is 17.0 Å². The highest BCUT2D eigenvalue weighted by Gasteiger charge is 2.35. The van der Waals surface area contributed by atoms with E-state index < -0.39 is 17.5 Å². The number of hydrogen-bond donors (Lipinski definition) is 1. The van der Waals surface area contributed by atoms with Gasteiger partial charge in [0.25, 0.3) is 5.91 Å². The van der Waals surface area contributed by atoms with Gasteiger partial charge < -0.3 is 9.84 Å². The first-order valence-electron chi connectivity index (χ1n) is 7.41. The van der Waals surface area contributed by atoms with Crippen molar-refractivity contribution in [2.45, 2.75) is 13.3 Å². The molecule has 1 heterocycles. The van der Waals surface area contributed by atoms with Crippen LogP contribution in [-0.2, 0) is 0 Å². The Morgan fingerprint density at radius 3 is 2.71 bits per heavy atom. The van der Waals surface area contributed by atoms with Crippen LogP contribution < -0.4 is 5.32 Å². The number of para-hydroxylation sites is 1. The second-order valence-electron chi connectivity index (χ2n) is 5.11. The number of carbonyl (C=O) groups is 3. The first kappa shape index (κ1) is 16.2. The van der Waals surface area contributed by atoms with Gasteiger partial charge in [0.15, 0.2) is 5.69 Å². The third-order valence-corrected chi connectivity index (χ3v) is 4.56. The molecule has 1 amide bonds. The van der Waals surface area contributed by atoms with Gasteiger partial charge in [0.05, 0.1) is 4.91 Å². The molecular formula is C17H14N2O4S. The lowest BCUT2D eigenvalue weighted by Crippen LogP contribution is -2.20. The van der Waals surface area contributed by atoms with E-state index in [0.717, 1.165) is 6.42 Å². The van der Waals surface area contributed by atoms with Crippen molar-refractivity contribution < 1.29 is 18.9 Å². The molecule has 6 nitrogen and oxygen atoms in total. The smallest absolute Gasteiger partial charge is 0.278 e. The van der Waals surface area contributed by atoms with Gasteiger partial charge in [-0.05, 0) is 24.3 Å². The molecule has 0 unspecified atom stereocenters. The van der Waals surface area contributed by atoms with Crippen LogP contribution in [-0.4, -0.2) is 28.4 Å². The number of aromatic nitrogens is 1. The van der Waals surface area contributed by atoms with Gasteiger partial charge in [0, 0.05) is 11.8 Å². The van der Waals surface area contributed by atoms with Gasteiger partial charge in [-0.3, -0.25) is 14.4 Å². The number of amides is 1. The molecule has 3 rings (SSSR count).